The Balaban J connectivity index is 1.54. The van der Waals surface area contributed by atoms with Gasteiger partial charge in [0.2, 0.25) is 0 Å². The number of hydrogen-bond donors (Lipinski definition) is 0. The van der Waals surface area contributed by atoms with Gasteiger partial charge in [0.15, 0.2) is 17.4 Å². The molecule has 0 heterocycles. The van der Waals surface area contributed by atoms with Gasteiger partial charge in [0.25, 0.3) is 0 Å². The lowest BCUT2D eigenvalue weighted by Gasteiger charge is -2.12. The van der Waals surface area contributed by atoms with Crippen LogP contribution in [0.4, 0.5) is 17.6 Å². The molecule has 4 rings (SSSR count). The summed E-state index contributed by atoms with van der Waals surface area (Å²) >= 11 is 0. The summed E-state index contributed by atoms with van der Waals surface area (Å²) in [5, 5.41) is 1.77. The number of halogens is 4. The molecule has 0 aliphatic rings. The van der Waals surface area contributed by atoms with E-state index in [2.05, 4.69) is 42.0 Å². The highest BCUT2D eigenvalue weighted by Crippen LogP contribution is 2.34. The summed E-state index contributed by atoms with van der Waals surface area (Å²) in [5.74, 6) is -3.39. The predicted octanol–water partition coefficient (Wildman–Crippen LogP) is 8.51. The maximum absolute atomic E-state index is 14.3. The molecule has 0 radical (unpaired) electrons. The smallest absolute Gasteiger partial charge is 0.387 e. The molecule has 1 nitrogen and oxygen atoms in total. The summed E-state index contributed by atoms with van der Waals surface area (Å²) in [7, 11) is 0. The second-order valence-electron chi connectivity index (χ2n) is 8.43. The van der Waals surface area contributed by atoms with Crippen molar-refractivity contribution in [2.45, 2.75) is 45.6 Å². The fourth-order valence-corrected chi connectivity index (χ4v) is 4.20. The zero-order valence-corrected chi connectivity index (χ0v) is 19.0. The SMILES string of the molecule is CCCCc1ccc(CCc2ccc3c(-c4cc(F)c(OC(F)F)c(F)c4)cccc3c2)cc1. The van der Waals surface area contributed by atoms with E-state index in [1.165, 1.54) is 24.0 Å². The third-order valence-electron chi connectivity index (χ3n) is 6.01. The average molecular weight is 467 g/mol. The van der Waals surface area contributed by atoms with Crippen LogP contribution in [0.2, 0.25) is 0 Å². The van der Waals surface area contributed by atoms with Gasteiger partial charge < -0.3 is 4.74 Å². The van der Waals surface area contributed by atoms with Crippen LogP contribution in [0.25, 0.3) is 21.9 Å². The van der Waals surface area contributed by atoms with E-state index in [4.69, 9.17) is 0 Å². The molecule has 0 aliphatic heterocycles. The van der Waals surface area contributed by atoms with Crippen LogP contribution >= 0.6 is 0 Å². The Labute approximate surface area is 197 Å². The molecular weight excluding hydrogens is 440 g/mol. The number of benzene rings is 4. The highest BCUT2D eigenvalue weighted by atomic mass is 19.3. The monoisotopic (exact) mass is 466 g/mol. The molecule has 0 N–H and O–H groups in total. The van der Waals surface area contributed by atoms with Crippen LogP contribution in [0.3, 0.4) is 0 Å². The van der Waals surface area contributed by atoms with Gasteiger partial charge in [0.05, 0.1) is 0 Å². The Morgan fingerprint density at radius 3 is 2.00 bits per heavy atom. The van der Waals surface area contributed by atoms with Crippen molar-refractivity contribution in [2.24, 2.45) is 0 Å². The number of alkyl halides is 2. The van der Waals surface area contributed by atoms with E-state index < -0.39 is 24.0 Å². The Kier molecular flexibility index (Phi) is 7.51. The van der Waals surface area contributed by atoms with Crippen molar-refractivity contribution in [3.8, 4) is 16.9 Å². The van der Waals surface area contributed by atoms with Crippen LogP contribution in [0.5, 0.6) is 5.75 Å². The minimum atomic E-state index is -3.30. The molecule has 0 saturated carbocycles. The highest BCUT2D eigenvalue weighted by molar-refractivity contribution is 5.97. The van der Waals surface area contributed by atoms with Crippen molar-refractivity contribution in [1.29, 1.82) is 0 Å². The molecular formula is C29H26F4O. The summed E-state index contributed by atoms with van der Waals surface area (Å²) in [6, 6.07) is 22.4. The number of rotatable bonds is 9. The minimum Gasteiger partial charge on any atom is -0.429 e. The van der Waals surface area contributed by atoms with Crippen molar-refractivity contribution in [2.75, 3.05) is 0 Å². The van der Waals surface area contributed by atoms with Gasteiger partial charge in [0.1, 0.15) is 0 Å². The summed E-state index contributed by atoms with van der Waals surface area (Å²) in [6.45, 7) is -1.11. The molecule has 0 aliphatic carbocycles. The first-order valence-electron chi connectivity index (χ1n) is 11.5. The topological polar surface area (TPSA) is 9.23 Å². The number of hydrogen-bond acceptors (Lipinski definition) is 1. The lowest BCUT2D eigenvalue weighted by Crippen LogP contribution is -2.06. The van der Waals surface area contributed by atoms with Crippen molar-refractivity contribution < 1.29 is 22.3 Å². The molecule has 0 atom stereocenters. The molecule has 0 unspecified atom stereocenters. The van der Waals surface area contributed by atoms with Gasteiger partial charge in [-0.15, -0.1) is 0 Å². The van der Waals surface area contributed by atoms with Crippen LogP contribution < -0.4 is 4.74 Å². The number of unbranched alkanes of at least 4 members (excludes halogenated alkanes) is 1. The fraction of sp³-hybridized carbons (Fsp3) is 0.241. The van der Waals surface area contributed by atoms with Crippen LogP contribution in [-0.4, -0.2) is 6.61 Å². The van der Waals surface area contributed by atoms with E-state index in [9.17, 15) is 17.6 Å². The Morgan fingerprint density at radius 1 is 0.735 bits per heavy atom. The van der Waals surface area contributed by atoms with Crippen LogP contribution in [0, 0.1) is 11.6 Å². The first-order chi connectivity index (χ1) is 16.4. The van der Waals surface area contributed by atoms with Crippen molar-refractivity contribution in [1.82, 2.24) is 0 Å². The van der Waals surface area contributed by atoms with Crippen molar-refractivity contribution in [3.05, 3.63) is 101 Å². The summed E-state index contributed by atoms with van der Waals surface area (Å²) in [5.41, 5.74) is 4.70. The van der Waals surface area contributed by atoms with E-state index >= 15 is 0 Å². The summed E-state index contributed by atoms with van der Waals surface area (Å²) in [4.78, 5) is 0. The summed E-state index contributed by atoms with van der Waals surface area (Å²) in [6.07, 6.45) is 5.29. The number of fused-ring (bicyclic) bond motifs is 1. The van der Waals surface area contributed by atoms with E-state index in [0.29, 0.717) is 5.56 Å². The van der Waals surface area contributed by atoms with Gasteiger partial charge in [-0.1, -0.05) is 74.0 Å². The molecule has 0 spiro atoms. The van der Waals surface area contributed by atoms with Gasteiger partial charge in [0, 0.05) is 0 Å². The standard InChI is InChI=1S/C29H26F4O/c1-2-3-5-19-8-10-20(11-9-19)12-13-21-14-15-25-22(16-21)6-4-7-24(25)23-17-26(30)28(27(31)18-23)34-29(32)33/h4,6-11,14-18,29H,2-3,5,12-13H2,1H3. The Morgan fingerprint density at radius 2 is 1.35 bits per heavy atom. The maximum Gasteiger partial charge on any atom is 0.387 e. The lowest BCUT2D eigenvalue weighted by molar-refractivity contribution is -0.0546. The van der Waals surface area contributed by atoms with E-state index in [1.54, 1.807) is 6.07 Å². The third-order valence-corrected chi connectivity index (χ3v) is 6.01. The van der Waals surface area contributed by atoms with Crippen LogP contribution in [0.15, 0.2) is 72.8 Å². The van der Waals surface area contributed by atoms with Gasteiger partial charge in [-0.3, -0.25) is 0 Å². The zero-order valence-electron chi connectivity index (χ0n) is 19.0. The van der Waals surface area contributed by atoms with Crippen molar-refractivity contribution in [3.63, 3.8) is 0 Å². The largest absolute Gasteiger partial charge is 0.429 e. The molecule has 4 aromatic carbocycles. The Bertz CT molecular complexity index is 1240. The third kappa shape index (κ3) is 5.58. The molecule has 0 bridgehead atoms. The molecule has 0 saturated heterocycles. The van der Waals surface area contributed by atoms with E-state index in [-0.39, 0.29) is 5.56 Å². The molecule has 0 amide bonds. The number of ether oxygens (including phenoxy) is 1. The fourth-order valence-electron chi connectivity index (χ4n) is 4.20. The molecule has 4 aromatic rings. The lowest BCUT2D eigenvalue weighted by atomic mass is 9.95. The first kappa shape index (κ1) is 23.8. The first-order valence-corrected chi connectivity index (χ1v) is 11.5. The molecule has 176 valence electrons. The van der Waals surface area contributed by atoms with Gasteiger partial charge in [-0.05, 0) is 76.4 Å². The maximum atomic E-state index is 14.3. The molecule has 34 heavy (non-hydrogen) atoms. The summed E-state index contributed by atoms with van der Waals surface area (Å²) < 4.78 is 57.4. The highest BCUT2D eigenvalue weighted by Gasteiger charge is 2.18. The Hall–Kier alpha value is -3.34. The molecule has 0 aromatic heterocycles. The number of aryl methyl sites for hydroxylation is 3. The molecule has 0 fully saturated rings. The van der Waals surface area contributed by atoms with Gasteiger partial charge >= 0.3 is 6.61 Å². The van der Waals surface area contributed by atoms with Gasteiger partial charge in [-0.2, -0.15) is 8.78 Å². The average Bonchev–Trinajstić information content (AvgIpc) is 2.83. The van der Waals surface area contributed by atoms with E-state index in [0.717, 1.165) is 47.7 Å². The van der Waals surface area contributed by atoms with Gasteiger partial charge in [-0.25, -0.2) is 8.78 Å². The predicted molar refractivity (Wildman–Crippen MR) is 128 cm³/mol. The van der Waals surface area contributed by atoms with Crippen LogP contribution in [0.1, 0.15) is 36.5 Å². The molecule has 5 heteroatoms. The van der Waals surface area contributed by atoms with E-state index in [1.807, 2.05) is 24.3 Å². The van der Waals surface area contributed by atoms with Crippen molar-refractivity contribution >= 4 is 10.8 Å². The second kappa shape index (κ2) is 10.7. The van der Waals surface area contributed by atoms with Crippen LogP contribution in [-0.2, 0) is 19.3 Å². The minimum absolute atomic E-state index is 0.262. The quantitative estimate of drug-likeness (QED) is 0.225. The zero-order chi connectivity index (χ0) is 24.1. The second-order valence-corrected chi connectivity index (χ2v) is 8.43. The normalized spacial score (nSPS) is 11.4.